The van der Waals surface area contributed by atoms with E-state index in [-0.39, 0.29) is 17.5 Å². The molecule has 1 aromatic heterocycles. The van der Waals surface area contributed by atoms with Crippen LogP contribution >= 0.6 is 11.6 Å². The van der Waals surface area contributed by atoms with E-state index in [2.05, 4.69) is 20.6 Å². The Kier molecular flexibility index (Phi) is 4.76. The zero-order valence-corrected chi connectivity index (χ0v) is 13.7. The monoisotopic (exact) mass is 364 g/mol. The van der Waals surface area contributed by atoms with Crippen molar-refractivity contribution in [3.8, 4) is 0 Å². The molecule has 0 saturated heterocycles. The topological polar surface area (TPSA) is 49.8 Å². The van der Waals surface area contributed by atoms with E-state index >= 15 is 0 Å². The second kappa shape index (κ2) is 6.98. The molecule has 0 aliphatic carbocycles. The molecular formula is C17H12ClF3N4. The predicted octanol–water partition coefficient (Wildman–Crippen LogP) is 5.34. The highest BCUT2D eigenvalue weighted by molar-refractivity contribution is 6.31. The number of halogens is 4. The van der Waals surface area contributed by atoms with Crippen molar-refractivity contribution in [3.63, 3.8) is 0 Å². The molecule has 0 spiro atoms. The van der Waals surface area contributed by atoms with Gasteiger partial charge in [0.2, 0.25) is 5.95 Å². The van der Waals surface area contributed by atoms with Gasteiger partial charge in [-0.05, 0) is 42.8 Å². The zero-order valence-electron chi connectivity index (χ0n) is 12.9. The SMILES string of the molecule is Cc1c(Cl)cccc1Nc1nccc(Nc2ccc(F)c(F)c2F)n1. The first kappa shape index (κ1) is 17.0. The summed E-state index contributed by atoms with van der Waals surface area (Å²) in [5.74, 6) is -3.68. The lowest BCUT2D eigenvalue weighted by Crippen LogP contribution is -2.03. The van der Waals surface area contributed by atoms with Crippen molar-refractivity contribution in [3.05, 3.63) is 70.6 Å². The van der Waals surface area contributed by atoms with Crippen LogP contribution in [-0.2, 0) is 0 Å². The first-order valence-electron chi connectivity index (χ1n) is 7.21. The summed E-state index contributed by atoms with van der Waals surface area (Å²) in [4.78, 5) is 8.24. The third kappa shape index (κ3) is 3.66. The Morgan fingerprint density at radius 3 is 2.52 bits per heavy atom. The van der Waals surface area contributed by atoms with Crippen LogP contribution in [-0.4, -0.2) is 9.97 Å². The summed E-state index contributed by atoms with van der Waals surface area (Å²) < 4.78 is 40.0. The van der Waals surface area contributed by atoms with Gasteiger partial charge in [-0.3, -0.25) is 0 Å². The van der Waals surface area contributed by atoms with Gasteiger partial charge in [-0.15, -0.1) is 0 Å². The van der Waals surface area contributed by atoms with Crippen molar-refractivity contribution < 1.29 is 13.2 Å². The molecule has 0 aliphatic heterocycles. The maximum atomic E-state index is 13.7. The molecule has 0 bridgehead atoms. The number of rotatable bonds is 4. The van der Waals surface area contributed by atoms with Crippen LogP contribution < -0.4 is 10.6 Å². The average Bonchev–Trinajstić information content (AvgIpc) is 2.60. The zero-order chi connectivity index (χ0) is 18.0. The van der Waals surface area contributed by atoms with Crippen LogP contribution in [0.15, 0.2) is 42.6 Å². The maximum Gasteiger partial charge on any atom is 0.229 e. The van der Waals surface area contributed by atoms with Gasteiger partial charge in [0, 0.05) is 16.9 Å². The Hall–Kier alpha value is -2.80. The maximum absolute atomic E-state index is 13.7. The van der Waals surface area contributed by atoms with Crippen molar-refractivity contribution in [2.75, 3.05) is 10.6 Å². The minimum absolute atomic E-state index is 0.210. The molecule has 128 valence electrons. The fourth-order valence-electron chi connectivity index (χ4n) is 2.11. The van der Waals surface area contributed by atoms with E-state index < -0.39 is 17.5 Å². The van der Waals surface area contributed by atoms with Crippen LogP contribution in [0.2, 0.25) is 5.02 Å². The van der Waals surface area contributed by atoms with E-state index in [4.69, 9.17) is 11.6 Å². The van der Waals surface area contributed by atoms with Gasteiger partial charge in [0.05, 0.1) is 5.69 Å². The van der Waals surface area contributed by atoms with E-state index in [9.17, 15) is 13.2 Å². The molecule has 4 nitrogen and oxygen atoms in total. The number of aromatic nitrogens is 2. The summed E-state index contributed by atoms with van der Waals surface area (Å²) in [6.45, 7) is 1.84. The van der Waals surface area contributed by atoms with Crippen LogP contribution in [0.25, 0.3) is 0 Å². The Labute approximate surface area is 146 Å². The van der Waals surface area contributed by atoms with Crippen LogP contribution in [0, 0.1) is 24.4 Å². The van der Waals surface area contributed by atoms with E-state index in [1.165, 1.54) is 12.3 Å². The lowest BCUT2D eigenvalue weighted by molar-refractivity contribution is 0.449. The minimum Gasteiger partial charge on any atom is -0.338 e. The Bertz CT molecular complexity index is 934. The van der Waals surface area contributed by atoms with Crippen LogP contribution in [0.4, 0.5) is 36.3 Å². The van der Waals surface area contributed by atoms with Gasteiger partial charge in [0.25, 0.3) is 0 Å². The lowest BCUT2D eigenvalue weighted by Gasteiger charge is -2.11. The lowest BCUT2D eigenvalue weighted by atomic mass is 10.2. The number of anilines is 4. The largest absolute Gasteiger partial charge is 0.338 e. The minimum atomic E-state index is -1.55. The molecule has 3 rings (SSSR count). The van der Waals surface area contributed by atoms with E-state index in [0.29, 0.717) is 10.7 Å². The summed E-state index contributed by atoms with van der Waals surface area (Å²) in [5.41, 5.74) is 1.30. The van der Waals surface area contributed by atoms with Gasteiger partial charge >= 0.3 is 0 Å². The first-order chi connectivity index (χ1) is 12.0. The van der Waals surface area contributed by atoms with Gasteiger partial charge in [-0.1, -0.05) is 17.7 Å². The summed E-state index contributed by atoms with van der Waals surface area (Å²) in [6, 6.07) is 8.72. The van der Waals surface area contributed by atoms with Crippen molar-refractivity contribution in [2.45, 2.75) is 6.92 Å². The summed E-state index contributed by atoms with van der Waals surface area (Å²) in [6.07, 6.45) is 1.44. The van der Waals surface area contributed by atoms with Gasteiger partial charge in [-0.2, -0.15) is 4.98 Å². The summed E-state index contributed by atoms with van der Waals surface area (Å²) >= 11 is 6.06. The highest BCUT2D eigenvalue weighted by atomic mass is 35.5. The normalized spacial score (nSPS) is 10.6. The number of nitrogens with zero attached hydrogens (tertiary/aromatic N) is 2. The highest BCUT2D eigenvalue weighted by Crippen LogP contribution is 2.26. The highest BCUT2D eigenvalue weighted by Gasteiger charge is 2.14. The van der Waals surface area contributed by atoms with Gasteiger partial charge in [-0.25, -0.2) is 18.2 Å². The smallest absolute Gasteiger partial charge is 0.229 e. The van der Waals surface area contributed by atoms with Crippen LogP contribution in [0.1, 0.15) is 5.56 Å². The number of benzene rings is 2. The molecule has 0 fully saturated rings. The Balaban J connectivity index is 1.85. The summed E-state index contributed by atoms with van der Waals surface area (Å²) in [5, 5.41) is 6.18. The van der Waals surface area contributed by atoms with Gasteiger partial charge in [0.1, 0.15) is 5.82 Å². The van der Waals surface area contributed by atoms with E-state index in [1.54, 1.807) is 18.2 Å². The quantitative estimate of drug-likeness (QED) is 0.613. The molecule has 2 aromatic carbocycles. The molecule has 3 aromatic rings. The van der Waals surface area contributed by atoms with Crippen LogP contribution in [0.5, 0.6) is 0 Å². The number of hydrogen-bond acceptors (Lipinski definition) is 4. The van der Waals surface area contributed by atoms with Gasteiger partial charge < -0.3 is 10.6 Å². The molecule has 0 radical (unpaired) electrons. The van der Waals surface area contributed by atoms with Crippen molar-refractivity contribution in [1.82, 2.24) is 9.97 Å². The molecule has 0 amide bonds. The van der Waals surface area contributed by atoms with E-state index in [0.717, 1.165) is 17.7 Å². The molecule has 25 heavy (non-hydrogen) atoms. The third-order valence-electron chi connectivity index (χ3n) is 3.47. The third-order valence-corrected chi connectivity index (χ3v) is 3.88. The molecule has 0 aliphatic rings. The standard InChI is InChI=1S/C17H12ClF3N4/c1-9-10(18)3-2-4-12(9)24-17-22-8-7-14(25-17)23-13-6-5-11(19)15(20)16(13)21/h2-8H,1H3,(H2,22,23,24,25). The molecule has 1 heterocycles. The van der Waals surface area contributed by atoms with E-state index in [1.807, 2.05) is 6.92 Å². The average molecular weight is 365 g/mol. The molecule has 2 N–H and O–H groups in total. The fourth-order valence-corrected chi connectivity index (χ4v) is 2.29. The number of hydrogen-bond donors (Lipinski definition) is 2. The Morgan fingerprint density at radius 1 is 0.920 bits per heavy atom. The molecule has 8 heteroatoms. The Morgan fingerprint density at radius 2 is 1.72 bits per heavy atom. The molecule has 0 atom stereocenters. The van der Waals surface area contributed by atoms with Crippen molar-refractivity contribution in [2.24, 2.45) is 0 Å². The number of nitrogens with one attached hydrogen (secondary N) is 2. The van der Waals surface area contributed by atoms with Gasteiger partial charge in [0.15, 0.2) is 17.5 Å². The molecule has 0 unspecified atom stereocenters. The molecular weight excluding hydrogens is 353 g/mol. The summed E-state index contributed by atoms with van der Waals surface area (Å²) in [7, 11) is 0. The molecule has 0 saturated carbocycles. The predicted molar refractivity (Wildman–Crippen MR) is 91.1 cm³/mol. The van der Waals surface area contributed by atoms with Crippen LogP contribution in [0.3, 0.4) is 0 Å². The second-order valence-electron chi connectivity index (χ2n) is 5.15. The second-order valence-corrected chi connectivity index (χ2v) is 5.56. The first-order valence-corrected chi connectivity index (χ1v) is 7.59. The van der Waals surface area contributed by atoms with Crippen molar-refractivity contribution in [1.29, 1.82) is 0 Å². The fraction of sp³-hybridized carbons (Fsp3) is 0.0588. The van der Waals surface area contributed by atoms with Crippen molar-refractivity contribution >= 4 is 34.7 Å².